The van der Waals surface area contributed by atoms with Crippen LogP contribution in [-0.2, 0) is 0 Å². The molecular weight excluding hydrogens is 264 g/mol. The Labute approximate surface area is 126 Å². The monoisotopic (exact) mass is 288 g/mol. The lowest BCUT2D eigenvalue weighted by atomic mass is 10.1. The smallest absolute Gasteiger partial charge is 0.321 e. The van der Waals surface area contributed by atoms with Crippen LogP contribution >= 0.6 is 0 Å². The van der Waals surface area contributed by atoms with Crippen molar-refractivity contribution < 1.29 is 4.79 Å². The van der Waals surface area contributed by atoms with E-state index in [1.165, 1.54) is 5.56 Å². The highest BCUT2D eigenvalue weighted by molar-refractivity contribution is 5.89. The molecule has 0 aromatic heterocycles. The minimum Gasteiger partial charge on any atom is -0.324 e. The Morgan fingerprint density at radius 2 is 1.95 bits per heavy atom. The van der Waals surface area contributed by atoms with E-state index in [0.717, 1.165) is 5.69 Å². The fraction of sp³-hybridized carbons (Fsp3) is 0.500. The average Bonchev–Trinajstić information content (AvgIpc) is 2.52. The molecule has 2 atom stereocenters. The predicted molar refractivity (Wildman–Crippen MR) is 85.0 cm³/mol. The topological polar surface area (TPSA) is 68.2 Å². The molecule has 5 heteroatoms. The summed E-state index contributed by atoms with van der Waals surface area (Å²) in [5.74, 6) is -0.172. The molecule has 114 valence electrons. The van der Waals surface area contributed by atoms with Crippen molar-refractivity contribution in [2.75, 3.05) is 25.5 Å². The standard InChI is InChI=1S/C16H24N4O/c1-5-20(11-12(2)10-17)16(21)19-15-8-6-14(7-9-15)13(3)18-4/h6-9,12-13,18H,5,11H2,1-4H3,(H,19,21). The third-order valence-corrected chi connectivity index (χ3v) is 3.48. The van der Waals surface area contributed by atoms with Crippen molar-refractivity contribution in [1.82, 2.24) is 10.2 Å². The second-order valence-corrected chi connectivity index (χ2v) is 5.13. The van der Waals surface area contributed by atoms with Crippen LogP contribution in [0.4, 0.5) is 10.5 Å². The molecule has 1 aromatic rings. The first-order chi connectivity index (χ1) is 10.0. The van der Waals surface area contributed by atoms with Crippen LogP contribution in [0, 0.1) is 17.2 Å². The van der Waals surface area contributed by atoms with Crippen LogP contribution in [0.1, 0.15) is 32.4 Å². The van der Waals surface area contributed by atoms with Crippen LogP contribution in [0.3, 0.4) is 0 Å². The first-order valence-corrected chi connectivity index (χ1v) is 7.24. The molecule has 0 spiro atoms. The lowest BCUT2D eigenvalue weighted by molar-refractivity contribution is 0.210. The molecule has 0 aliphatic carbocycles. The van der Waals surface area contributed by atoms with Gasteiger partial charge >= 0.3 is 6.03 Å². The van der Waals surface area contributed by atoms with Gasteiger partial charge in [-0.2, -0.15) is 5.26 Å². The summed E-state index contributed by atoms with van der Waals surface area (Å²) in [6.45, 7) is 6.81. The van der Waals surface area contributed by atoms with Crippen molar-refractivity contribution in [3.63, 3.8) is 0 Å². The highest BCUT2D eigenvalue weighted by Crippen LogP contribution is 2.16. The molecule has 0 aliphatic rings. The van der Waals surface area contributed by atoms with E-state index in [4.69, 9.17) is 5.26 Å². The van der Waals surface area contributed by atoms with Gasteiger partial charge < -0.3 is 15.5 Å². The molecule has 0 bridgehead atoms. The summed E-state index contributed by atoms with van der Waals surface area (Å²) in [4.78, 5) is 13.8. The highest BCUT2D eigenvalue weighted by atomic mass is 16.2. The van der Waals surface area contributed by atoms with Gasteiger partial charge in [0.05, 0.1) is 12.0 Å². The quantitative estimate of drug-likeness (QED) is 0.845. The maximum absolute atomic E-state index is 12.2. The first kappa shape index (κ1) is 17.0. The molecule has 21 heavy (non-hydrogen) atoms. The first-order valence-electron chi connectivity index (χ1n) is 7.24. The van der Waals surface area contributed by atoms with Crippen molar-refractivity contribution in [2.24, 2.45) is 5.92 Å². The Bertz CT molecular complexity index is 492. The number of nitrogens with zero attached hydrogens (tertiary/aromatic N) is 2. The van der Waals surface area contributed by atoms with Crippen LogP contribution < -0.4 is 10.6 Å². The molecular formula is C16H24N4O. The van der Waals surface area contributed by atoms with Gasteiger partial charge in [-0.15, -0.1) is 0 Å². The molecule has 0 heterocycles. The summed E-state index contributed by atoms with van der Waals surface area (Å²) in [5.41, 5.74) is 1.93. The number of urea groups is 1. The van der Waals surface area contributed by atoms with Gasteiger partial charge in [-0.3, -0.25) is 0 Å². The Morgan fingerprint density at radius 1 is 1.33 bits per heavy atom. The largest absolute Gasteiger partial charge is 0.324 e. The van der Waals surface area contributed by atoms with E-state index in [1.54, 1.807) is 4.90 Å². The fourth-order valence-corrected chi connectivity index (χ4v) is 1.95. The zero-order valence-electron chi connectivity index (χ0n) is 13.2. The molecule has 0 saturated carbocycles. The summed E-state index contributed by atoms with van der Waals surface area (Å²) in [7, 11) is 1.91. The Kier molecular flexibility index (Phi) is 6.70. The molecule has 0 radical (unpaired) electrons. The zero-order chi connectivity index (χ0) is 15.8. The molecule has 2 N–H and O–H groups in total. The van der Waals surface area contributed by atoms with Crippen LogP contribution in [0.2, 0.25) is 0 Å². The summed E-state index contributed by atoms with van der Waals surface area (Å²) >= 11 is 0. The molecule has 1 aromatic carbocycles. The van der Waals surface area contributed by atoms with E-state index in [2.05, 4.69) is 23.6 Å². The molecule has 2 amide bonds. The Balaban J connectivity index is 2.67. The van der Waals surface area contributed by atoms with E-state index in [9.17, 15) is 4.79 Å². The number of nitriles is 1. The number of nitrogens with one attached hydrogen (secondary N) is 2. The van der Waals surface area contributed by atoms with Gasteiger partial charge in [0.2, 0.25) is 0 Å². The van der Waals surface area contributed by atoms with Gasteiger partial charge in [0, 0.05) is 24.8 Å². The number of carbonyl (C=O) groups excluding carboxylic acids is 1. The van der Waals surface area contributed by atoms with E-state index in [-0.39, 0.29) is 18.0 Å². The van der Waals surface area contributed by atoms with Crippen molar-refractivity contribution in [1.29, 1.82) is 5.26 Å². The average molecular weight is 288 g/mol. The van der Waals surface area contributed by atoms with Gasteiger partial charge in [0.15, 0.2) is 0 Å². The third-order valence-electron chi connectivity index (χ3n) is 3.48. The summed E-state index contributed by atoms with van der Waals surface area (Å²) in [6, 6.07) is 10.0. The van der Waals surface area contributed by atoms with Gasteiger partial charge in [0.25, 0.3) is 0 Å². The third kappa shape index (κ3) is 5.09. The number of carbonyl (C=O) groups is 1. The maximum Gasteiger partial charge on any atom is 0.321 e. The minimum absolute atomic E-state index is 0.172. The number of anilines is 1. The number of hydrogen-bond donors (Lipinski definition) is 2. The normalized spacial score (nSPS) is 13.1. The van der Waals surface area contributed by atoms with Crippen LogP contribution in [0.15, 0.2) is 24.3 Å². The van der Waals surface area contributed by atoms with Crippen LogP contribution in [0.25, 0.3) is 0 Å². The lowest BCUT2D eigenvalue weighted by Gasteiger charge is -2.22. The van der Waals surface area contributed by atoms with E-state index in [1.807, 2.05) is 45.2 Å². The molecule has 2 unspecified atom stereocenters. The van der Waals surface area contributed by atoms with Crippen molar-refractivity contribution in [2.45, 2.75) is 26.8 Å². The second kappa shape index (κ2) is 8.28. The lowest BCUT2D eigenvalue weighted by Crippen LogP contribution is -2.37. The van der Waals surface area contributed by atoms with Crippen molar-refractivity contribution >= 4 is 11.7 Å². The van der Waals surface area contributed by atoms with Gasteiger partial charge in [-0.1, -0.05) is 12.1 Å². The van der Waals surface area contributed by atoms with E-state index >= 15 is 0 Å². The number of benzene rings is 1. The Hall–Kier alpha value is -2.06. The number of hydrogen-bond acceptors (Lipinski definition) is 3. The molecule has 0 fully saturated rings. The highest BCUT2D eigenvalue weighted by Gasteiger charge is 2.14. The van der Waals surface area contributed by atoms with E-state index in [0.29, 0.717) is 13.1 Å². The molecule has 5 nitrogen and oxygen atoms in total. The summed E-state index contributed by atoms with van der Waals surface area (Å²) in [6.07, 6.45) is 0. The molecule has 0 aliphatic heterocycles. The molecule has 0 saturated heterocycles. The minimum atomic E-state index is -0.172. The van der Waals surface area contributed by atoms with Crippen LogP contribution in [-0.4, -0.2) is 31.1 Å². The second-order valence-electron chi connectivity index (χ2n) is 5.13. The summed E-state index contributed by atoms with van der Waals surface area (Å²) < 4.78 is 0. The van der Waals surface area contributed by atoms with Crippen molar-refractivity contribution in [3.8, 4) is 6.07 Å². The zero-order valence-corrected chi connectivity index (χ0v) is 13.2. The fourth-order valence-electron chi connectivity index (χ4n) is 1.95. The predicted octanol–water partition coefficient (Wildman–Crippen LogP) is 2.98. The van der Waals surface area contributed by atoms with Gasteiger partial charge in [0.1, 0.15) is 0 Å². The summed E-state index contributed by atoms with van der Waals surface area (Å²) in [5, 5.41) is 14.9. The number of amides is 2. The van der Waals surface area contributed by atoms with Gasteiger partial charge in [-0.05, 0) is 45.5 Å². The van der Waals surface area contributed by atoms with E-state index < -0.39 is 0 Å². The number of rotatable bonds is 6. The van der Waals surface area contributed by atoms with Crippen LogP contribution in [0.5, 0.6) is 0 Å². The van der Waals surface area contributed by atoms with Gasteiger partial charge in [-0.25, -0.2) is 4.79 Å². The maximum atomic E-state index is 12.2. The molecule has 1 rings (SSSR count). The Morgan fingerprint density at radius 3 is 2.43 bits per heavy atom. The SMILES string of the molecule is CCN(CC(C)C#N)C(=O)Nc1ccc(C(C)NC)cc1. The van der Waals surface area contributed by atoms with Crippen molar-refractivity contribution in [3.05, 3.63) is 29.8 Å².